The minimum atomic E-state index is -1.61. The first-order chi connectivity index (χ1) is 19.7. The number of carboxylic acids is 2. The van der Waals surface area contributed by atoms with E-state index in [0.29, 0.717) is 47.3 Å². The molecule has 2 aromatic rings. The molecule has 2 aromatic carbocycles. The summed E-state index contributed by atoms with van der Waals surface area (Å²) in [6.45, 7) is 6.40. The van der Waals surface area contributed by atoms with Crippen LogP contribution in [0.2, 0.25) is 0 Å². The molecular weight excluding hydrogens is 520 g/mol. The smallest absolute Gasteiger partial charge is 0.394 e. The van der Waals surface area contributed by atoms with Gasteiger partial charge in [-0.3, -0.25) is 14.5 Å². The van der Waals surface area contributed by atoms with Crippen LogP contribution in [0.15, 0.2) is 36.4 Å². The molecular formula is C33H46N2O6. The Morgan fingerprint density at radius 2 is 1.37 bits per heavy atom. The molecule has 0 heterocycles. The number of carboxylic acid groups (broad SMARTS) is 2. The van der Waals surface area contributed by atoms with Crippen LogP contribution in [-0.2, 0) is 29.0 Å². The van der Waals surface area contributed by atoms with Gasteiger partial charge in [0.05, 0.1) is 12.1 Å². The van der Waals surface area contributed by atoms with Crippen LogP contribution >= 0.6 is 0 Å². The highest BCUT2D eigenvalue weighted by atomic mass is 16.4. The van der Waals surface area contributed by atoms with E-state index in [9.17, 15) is 29.4 Å². The van der Waals surface area contributed by atoms with Crippen molar-refractivity contribution in [1.82, 2.24) is 5.32 Å². The zero-order valence-electron chi connectivity index (χ0n) is 24.8. The Morgan fingerprint density at radius 3 is 1.93 bits per heavy atom. The molecule has 2 rings (SSSR count). The third-order valence-electron chi connectivity index (χ3n) is 7.41. The molecule has 0 aliphatic rings. The van der Waals surface area contributed by atoms with E-state index < -0.39 is 17.8 Å². The largest absolute Gasteiger partial charge is 0.478 e. The molecule has 0 aromatic heterocycles. The number of nitrogens with one attached hydrogen (secondary N) is 1. The third kappa shape index (κ3) is 10.3. The summed E-state index contributed by atoms with van der Waals surface area (Å²) < 4.78 is 0. The Balaban J connectivity index is 2.05. The van der Waals surface area contributed by atoms with Crippen molar-refractivity contribution in [2.45, 2.75) is 104 Å². The highest BCUT2D eigenvalue weighted by molar-refractivity contribution is 6.37. The van der Waals surface area contributed by atoms with Crippen LogP contribution in [0.5, 0.6) is 0 Å². The molecule has 0 aliphatic heterocycles. The summed E-state index contributed by atoms with van der Waals surface area (Å²) in [5, 5.41) is 22.1. The zero-order chi connectivity index (χ0) is 30.2. The molecule has 0 saturated carbocycles. The average Bonchev–Trinajstić information content (AvgIpc) is 2.97. The second kappa shape index (κ2) is 17.9. The van der Waals surface area contributed by atoms with E-state index in [2.05, 4.69) is 12.2 Å². The topological polar surface area (TPSA) is 124 Å². The van der Waals surface area contributed by atoms with Crippen LogP contribution < -0.4 is 10.2 Å². The normalized spacial score (nSPS) is 10.8. The van der Waals surface area contributed by atoms with E-state index in [1.807, 2.05) is 13.8 Å². The van der Waals surface area contributed by atoms with E-state index in [0.717, 1.165) is 17.7 Å². The van der Waals surface area contributed by atoms with Gasteiger partial charge in [-0.15, -0.1) is 0 Å². The van der Waals surface area contributed by atoms with Gasteiger partial charge < -0.3 is 15.5 Å². The number of unbranched alkanes of at least 4 members (excludes halogenated alkanes) is 9. The van der Waals surface area contributed by atoms with Gasteiger partial charge in [0.2, 0.25) is 0 Å². The quantitative estimate of drug-likeness (QED) is 0.135. The number of nitrogens with zero attached hydrogens (tertiary/aromatic N) is 1. The molecule has 0 fully saturated rings. The lowest BCUT2D eigenvalue weighted by molar-refractivity contribution is -0.148. The van der Waals surface area contributed by atoms with Crippen molar-refractivity contribution in [3.63, 3.8) is 0 Å². The Morgan fingerprint density at radius 1 is 0.756 bits per heavy atom. The first-order valence-corrected chi connectivity index (χ1v) is 15.0. The van der Waals surface area contributed by atoms with E-state index in [1.54, 1.807) is 24.3 Å². The summed E-state index contributed by atoms with van der Waals surface area (Å²) in [6.07, 6.45) is 13.0. The highest BCUT2D eigenvalue weighted by Gasteiger charge is 2.27. The van der Waals surface area contributed by atoms with Crippen molar-refractivity contribution in [3.8, 4) is 0 Å². The summed E-state index contributed by atoms with van der Waals surface area (Å²) in [6, 6.07) is 9.70. The van der Waals surface area contributed by atoms with Gasteiger partial charge in [-0.05, 0) is 60.2 Å². The number of aromatic carboxylic acids is 1. The molecule has 41 heavy (non-hydrogen) atoms. The number of benzene rings is 2. The van der Waals surface area contributed by atoms with Crippen molar-refractivity contribution in [2.24, 2.45) is 0 Å². The van der Waals surface area contributed by atoms with Gasteiger partial charge in [-0.25, -0.2) is 9.59 Å². The average molecular weight is 567 g/mol. The van der Waals surface area contributed by atoms with Gasteiger partial charge >= 0.3 is 17.8 Å². The zero-order valence-corrected chi connectivity index (χ0v) is 24.8. The summed E-state index contributed by atoms with van der Waals surface area (Å²) in [4.78, 5) is 50.2. The van der Waals surface area contributed by atoms with Crippen molar-refractivity contribution < 1.29 is 29.4 Å². The second-order valence-electron chi connectivity index (χ2n) is 10.4. The molecule has 0 saturated heterocycles. The van der Waals surface area contributed by atoms with Crippen LogP contribution in [0.4, 0.5) is 5.69 Å². The fraction of sp³-hybridized carbons (Fsp3) is 0.515. The molecule has 8 heteroatoms. The Hall–Kier alpha value is -3.68. The van der Waals surface area contributed by atoms with Crippen LogP contribution in [0.1, 0.15) is 122 Å². The number of carbonyl (C=O) groups excluding carboxylic acids is 2. The number of anilines is 1. The number of hydrogen-bond donors (Lipinski definition) is 3. The predicted molar refractivity (Wildman–Crippen MR) is 162 cm³/mol. The van der Waals surface area contributed by atoms with Gasteiger partial charge in [-0.1, -0.05) is 90.7 Å². The van der Waals surface area contributed by atoms with Crippen LogP contribution in [-0.4, -0.2) is 40.5 Å². The predicted octanol–water partition coefficient (Wildman–Crippen LogP) is 6.78. The number of rotatable bonds is 18. The molecule has 224 valence electrons. The molecule has 0 atom stereocenters. The van der Waals surface area contributed by atoms with E-state index >= 15 is 0 Å². The highest BCUT2D eigenvalue weighted by Crippen LogP contribution is 2.30. The Kier molecular flexibility index (Phi) is 14.6. The van der Waals surface area contributed by atoms with Crippen molar-refractivity contribution >= 4 is 29.4 Å². The Labute approximate surface area is 244 Å². The minimum absolute atomic E-state index is 0.0761. The summed E-state index contributed by atoms with van der Waals surface area (Å²) >= 11 is 0. The molecule has 2 amide bonds. The van der Waals surface area contributed by atoms with Gasteiger partial charge in [0.1, 0.15) is 0 Å². The number of carbonyl (C=O) groups is 4. The lowest BCUT2D eigenvalue weighted by Gasteiger charge is -2.26. The van der Waals surface area contributed by atoms with E-state index in [4.69, 9.17) is 0 Å². The van der Waals surface area contributed by atoms with Gasteiger partial charge in [-0.2, -0.15) is 0 Å². The Bertz CT molecular complexity index is 1180. The fourth-order valence-electron chi connectivity index (χ4n) is 5.22. The lowest BCUT2D eigenvalue weighted by Crippen LogP contribution is -2.37. The van der Waals surface area contributed by atoms with Crippen molar-refractivity contribution in [3.05, 3.63) is 64.2 Å². The van der Waals surface area contributed by atoms with Gasteiger partial charge in [0, 0.05) is 17.8 Å². The van der Waals surface area contributed by atoms with E-state index in [1.165, 1.54) is 63.5 Å². The van der Waals surface area contributed by atoms with Crippen molar-refractivity contribution in [1.29, 1.82) is 0 Å². The molecule has 3 N–H and O–H groups in total. The van der Waals surface area contributed by atoms with Crippen LogP contribution in [0.25, 0.3) is 0 Å². The maximum Gasteiger partial charge on any atom is 0.394 e. The minimum Gasteiger partial charge on any atom is -0.478 e. The summed E-state index contributed by atoms with van der Waals surface area (Å²) in [7, 11) is 0. The molecule has 0 unspecified atom stereocenters. The molecule has 0 spiro atoms. The number of amides is 2. The molecule has 0 radical (unpaired) electrons. The monoisotopic (exact) mass is 566 g/mol. The first kappa shape index (κ1) is 33.5. The molecule has 0 aliphatic carbocycles. The first-order valence-electron chi connectivity index (χ1n) is 15.0. The SMILES string of the molecule is CCCCCCCCCCCCNC(=O)c1cccc(CN(C(=O)C(=O)O)c2ccc(C(=O)O)c(CC)c2CC)c1. The number of hydrogen-bond acceptors (Lipinski definition) is 4. The maximum absolute atomic E-state index is 12.8. The third-order valence-corrected chi connectivity index (χ3v) is 7.41. The molecule has 0 bridgehead atoms. The number of aliphatic carboxylic acids is 1. The molecule has 8 nitrogen and oxygen atoms in total. The summed E-state index contributed by atoms with van der Waals surface area (Å²) in [5.41, 5.74) is 2.71. The van der Waals surface area contributed by atoms with Crippen LogP contribution in [0, 0.1) is 0 Å². The fourth-order valence-corrected chi connectivity index (χ4v) is 5.22. The second-order valence-corrected chi connectivity index (χ2v) is 10.4. The van der Waals surface area contributed by atoms with Crippen LogP contribution in [0.3, 0.4) is 0 Å². The van der Waals surface area contributed by atoms with E-state index in [-0.39, 0.29) is 18.0 Å². The van der Waals surface area contributed by atoms with Gasteiger partial charge in [0.25, 0.3) is 5.91 Å². The summed E-state index contributed by atoms with van der Waals surface area (Å²) in [5.74, 6) is -4.03. The van der Waals surface area contributed by atoms with Crippen molar-refractivity contribution in [2.75, 3.05) is 11.4 Å². The lowest BCUT2D eigenvalue weighted by atomic mass is 9.94. The standard InChI is InChI=1S/C33H46N2O6/c1-4-7-8-9-10-11-12-13-14-15-21-34-30(36)25-18-16-17-24(22-25)23-35(31(37)33(40)41)29-20-19-28(32(38)39)26(5-2)27(29)6-3/h16-20,22H,4-15,21,23H2,1-3H3,(H,34,36)(H,38,39)(H,40,41). The van der Waals surface area contributed by atoms with Gasteiger partial charge in [0.15, 0.2) is 0 Å². The maximum atomic E-state index is 12.8.